The summed E-state index contributed by atoms with van der Waals surface area (Å²) < 4.78 is 2.68. The normalized spacial score (nSPS) is 10.6. The molecular weight excluding hydrogens is 270 g/mol. The second kappa shape index (κ2) is 5.18. The van der Waals surface area contributed by atoms with E-state index < -0.39 is 0 Å². The number of hydrogen-bond acceptors (Lipinski definition) is 4. The van der Waals surface area contributed by atoms with E-state index in [2.05, 4.69) is 43.2 Å². The highest BCUT2D eigenvalue weighted by molar-refractivity contribution is 9.10. The zero-order chi connectivity index (χ0) is 11.4. The van der Waals surface area contributed by atoms with Crippen LogP contribution in [0.15, 0.2) is 29.1 Å². The monoisotopic (exact) mass is 281 g/mol. The molecule has 1 N–H and O–H groups in total. The van der Waals surface area contributed by atoms with Gasteiger partial charge in [-0.15, -0.1) is 0 Å². The van der Waals surface area contributed by atoms with Crippen LogP contribution >= 0.6 is 15.9 Å². The predicted molar refractivity (Wildman–Crippen MR) is 64.2 cm³/mol. The summed E-state index contributed by atoms with van der Waals surface area (Å²) in [6.07, 6.45) is 3.28. The van der Waals surface area contributed by atoms with Crippen molar-refractivity contribution >= 4 is 15.9 Å². The molecule has 2 heterocycles. The molecule has 0 saturated heterocycles. The lowest BCUT2D eigenvalue weighted by molar-refractivity contribution is 0.659. The quantitative estimate of drug-likeness (QED) is 0.924. The van der Waals surface area contributed by atoms with Gasteiger partial charge in [0.2, 0.25) is 0 Å². The fraction of sp³-hybridized carbons (Fsp3) is 0.300. The van der Waals surface area contributed by atoms with Crippen molar-refractivity contribution in [2.45, 2.75) is 13.5 Å². The first-order chi connectivity index (χ1) is 7.81. The number of halogens is 1. The van der Waals surface area contributed by atoms with E-state index in [0.717, 1.165) is 22.7 Å². The van der Waals surface area contributed by atoms with Gasteiger partial charge in [-0.1, -0.05) is 6.92 Å². The van der Waals surface area contributed by atoms with E-state index in [-0.39, 0.29) is 0 Å². The lowest BCUT2D eigenvalue weighted by Gasteiger charge is -2.05. The van der Waals surface area contributed by atoms with Gasteiger partial charge >= 0.3 is 0 Å². The van der Waals surface area contributed by atoms with E-state index in [1.54, 1.807) is 10.9 Å². The van der Waals surface area contributed by atoms with Crippen LogP contribution in [0, 0.1) is 0 Å². The van der Waals surface area contributed by atoms with Crippen molar-refractivity contribution < 1.29 is 0 Å². The van der Waals surface area contributed by atoms with Gasteiger partial charge in [0.1, 0.15) is 12.2 Å². The average Bonchev–Trinajstić information content (AvgIpc) is 2.75. The van der Waals surface area contributed by atoms with Gasteiger partial charge in [-0.3, -0.25) is 0 Å². The SMILES string of the molecule is CCNCc1ncnn1-c1ccc(Br)cn1. The maximum absolute atomic E-state index is 4.28. The van der Waals surface area contributed by atoms with Gasteiger partial charge in [0.05, 0.1) is 6.54 Å². The molecule has 16 heavy (non-hydrogen) atoms. The second-order valence-electron chi connectivity index (χ2n) is 3.20. The summed E-state index contributed by atoms with van der Waals surface area (Å²) in [5.74, 6) is 1.63. The van der Waals surface area contributed by atoms with Gasteiger partial charge in [0, 0.05) is 10.7 Å². The largest absolute Gasteiger partial charge is 0.310 e. The van der Waals surface area contributed by atoms with Gasteiger partial charge in [-0.05, 0) is 34.6 Å². The fourth-order valence-electron chi connectivity index (χ4n) is 1.31. The predicted octanol–water partition coefficient (Wildman–Crippen LogP) is 1.53. The van der Waals surface area contributed by atoms with Crippen molar-refractivity contribution in [3.05, 3.63) is 35.0 Å². The minimum atomic E-state index is 0.689. The van der Waals surface area contributed by atoms with Crippen molar-refractivity contribution in [3.8, 4) is 5.82 Å². The third-order valence-corrected chi connectivity index (χ3v) is 2.55. The molecule has 0 aromatic carbocycles. The molecule has 0 fully saturated rings. The van der Waals surface area contributed by atoms with Crippen LogP contribution in [0.25, 0.3) is 5.82 Å². The van der Waals surface area contributed by atoms with Crippen molar-refractivity contribution in [1.29, 1.82) is 0 Å². The Morgan fingerprint density at radius 2 is 2.25 bits per heavy atom. The van der Waals surface area contributed by atoms with Gasteiger partial charge < -0.3 is 5.32 Å². The van der Waals surface area contributed by atoms with Crippen LogP contribution in [0.3, 0.4) is 0 Å². The number of rotatable bonds is 4. The minimum absolute atomic E-state index is 0.689. The van der Waals surface area contributed by atoms with Gasteiger partial charge in [0.15, 0.2) is 5.82 Å². The first-order valence-corrected chi connectivity index (χ1v) is 5.82. The van der Waals surface area contributed by atoms with E-state index in [0.29, 0.717) is 6.54 Å². The Morgan fingerprint density at radius 1 is 1.38 bits per heavy atom. The highest BCUT2D eigenvalue weighted by atomic mass is 79.9. The van der Waals surface area contributed by atoms with Crippen LogP contribution in [0.4, 0.5) is 0 Å². The molecule has 0 amide bonds. The fourth-order valence-corrected chi connectivity index (χ4v) is 1.54. The maximum atomic E-state index is 4.28. The Labute approximate surface area is 102 Å². The second-order valence-corrected chi connectivity index (χ2v) is 4.12. The summed E-state index contributed by atoms with van der Waals surface area (Å²) in [4.78, 5) is 8.47. The van der Waals surface area contributed by atoms with Crippen LogP contribution in [0.1, 0.15) is 12.7 Å². The third-order valence-electron chi connectivity index (χ3n) is 2.08. The molecule has 0 bridgehead atoms. The van der Waals surface area contributed by atoms with Crippen LogP contribution in [0.2, 0.25) is 0 Å². The Morgan fingerprint density at radius 3 is 2.94 bits per heavy atom. The Balaban J connectivity index is 2.26. The Kier molecular flexibility index (Phi) is 3.63. The standard InChI is InChI=1S/C10H12BrN5/c1-2-12-6-10-14-7-15-16(10)9-4-3-8(11)5-13-9/h3-5,7,12H,2,6H2,1H3. The van der Waals surface area contributed by atoms with E-state index in [1.807, 2.05) is 12.1 Å². The molecule has 84 valence electrons. The first-order valence-electron chi connectivity index (χ1n) is 5.03. The highest BCUT2D eigenvalue weighted by Gasteiger charge is 2.06. The highest BCUT2D eigenvalue weighted by Crippen LogP contribution is 2.10. The summed E-state index contributed by atoms with van der Waals surface area (Å²) in [5.41, 5.74) is 0. The smallest absolute Gasteiger partial charge is 0.155 e. The summed E-state index contributed by atoms with van der Waals surface area (Å²) >= 11 is 3.35. The minimum Gasteiger partial charge on any atom is -0.310 e. The van der Waals surface area contributed by atoms with Gasteiger partial charge in [0.25, 0.3) is 0 Å². The average molecular weight is 282 g/mol. The van der Waals surface area contributed by atoms with Crippen molar-refractivity contribution in [2.75, 3.05) is 6.54 Å². The molecule has 5 nitrogen and oxygen atoms in total. The molecule has 0 saturated carbocycles. The number of hydrogen-bond donors (Lipinski definition) is 1. The lowest BCUT2D eigenvalue weighted by Crippen LogP contribution is -2.16. The number of pyridine rings is 1. The number of nitrogens with zero attached hydrogens (tertiary/aromatic N) is 4. The van der Waals surface area contributed by atoms with Crippen molar-refractivity contribution in [2.24, 2.45) is 0 Å². The zero-order valence-corrected chi connectivity index (χ0v) is 10.5. The van der Waals surface area contributed by atoms with Crippen LogP contribution < -0.4 is 5.32 Å². The molecule has 0 aliphatic rings. The maximum Gasteiger partial charge on any atom is 0.155 e. The lowest BCUT2D eigenvalue weighted by atomic mass is 10.4. The number of aromatic nitrogens is 4. The first kappa shape index (κ1) is 11.2. The molecule has 0 unspecified atom stereocenters. The van der Waals surface area contributed by atoms with Gasteiger partial charge in [-0.25, -0.2) is 9.97 Å². The van der Waals surface area contributed by atoms with Crippen LogP contribution in [-0.2, 0) is 6.54 Å². The molecule has 0 atom stereocenters. The molecule has 0 aliphatic heterocycles. The molecule has 2 aromatic rings. The molecule has 0 aliphatic carbocycles. The van der Waals surface area contributed by atoms with Crippen LogP contribution in [0.5, 0.6) is 0 Å². The molecular formula is C10H12BrN5. The molecule has 0 radical (unpaired) electrons. The summed E-state index contributed by atoms with van der Waals surface area (Å²) in [7, 11) is 0. The van der Waals surface area contributed by atoms with Crippen molar-refractivity contribution in [1.82, 2.24) is 25.1 Å². The zero-order valence-electron chi connectivity index (χ0n) is 8.89. The van der Waals surface area contributed by atoms with E-state index >= 15 is 0 Å². The topological polar surface area (TPSA) is 55.6 Å². The molecule has 2 rings (SSSR count). The number of nitrogens with one attached hydrogen (secondary N) is 1. The van der Waals surface area contributed by atoms with Crippen LogP contribution in [-0.4, -0.2) is 26.3 Å². The molecule has 0 spiro atoms. The third kappa shape index (κ3) is 2.45. The molecule has 6 heteroatoms. The summed E-state index contributed by atoms with van der Waals surface area (Å²) in [6.45, 7) is 3.65. The van der Waals surface area contributed by atoms with Gasteiger partial charge in [-0.2, -0.15) is 9.78 Å². The summed E-state index contributed by atoms with van der Waals surface area (Å²) in [6, 6.07) is 3.83. The Hall–Kier alpha value is -1.27. The summed E-state index contributed by atoms with van der Waals surface area (Å²) in [5, 5.41) is 7.37. The van der Waals surface area contributed by atoms with Crippen molar-refractivity contribution in [3.63, 3.8) is 0 Å². The van der Waals surface area contributed by atoms with E-state index in [4.69, 9.17) is 0 Å². The van der Waals surface area contributed by atoms with E-state index in [1.165, 1.54) is 6.33 Å². The van der Waals surface area contributed by atoms with E-state index in [9.17, 15) is 0 Å². The Bertz CT molecular complexity index is 450. The molecule has 2 aromatic heterocycles.